The monoisotopic (exact) mass is 441 g/mol. The molecule has 3 heteroatoms. The summed E-state index contributed by atoms with van der Waals surface area (Å²) >= 11 is 6.03. The summed E-state index contributed by atoms with van der Waals surface area (Å²) < 4.78 is 2.49. The fraction of sp³-hybridized carbons (Fsp3) is 0.294. The van der Waals surface area contributed by atoms with Gasteiger partial charge < -0.3 is 5.32 Å². The van der Waals surface area contributed by atoms with Crippen molar-refractivity contribution in [3.63, 3.8) is 0 Å². The van der Waals surface area contributed by atoms with Crippen LogP contribution >= 0.6 is 38.5 Å². The van der Waals surface area contributed by atoms with E-state index in [1.54, 1.807) is 0 Å². The van der Waals surface area contributed by atoms with E-state index in [0.717, 1.165) is 4.47 Å². The highest BCUT2D eigenvalue weighted by atomic mass is 127. The molecule has 1 nitrogen and oxygen atoms in total. The first-order valence-corrected chi connectivity index (χ1v) is 8.75. The van der Waals surface area contributed by atoms with Gasteiger partial charge in [-0.1, -0.05) is 46.3 Å². The molecular weight excluding hydrogens is 425 g/mol. The number of hydrogen-bond acceptors (Lipinski definition) is 1. The Morgan fingerprint density at radius 2 is 1.95 bits per heavy atom. The Morgan fingerprint density at radius 1 is 1.20 bits per heavy atom. The number of rotatable bonds is 4. The highest BCUT2D eigenvalue weighted by Crippen LogP contribution is 2.54. The summed E-state index contributed by atoms with van der Waals surface area (Å²) in [6.07, 6.45) is 1.28. The largest absolute Gasteiger partial charge is 0.313 e. The summed E-state index contributed by atoms with van der Waals surface area (Å²) in [6.45, 7) is 0. The predicted octanol–water partition coefficient (Wildman–Crippen LogP) is 5.12. The van der Waals surface area contributed by atoms with Crippen molar-refractivity contribution in [1.82, 2.24) is 5.32 Å². The minimum absolute atomic E-state index is 0.435. The van der Waals surface area contributed by atoms with Crippen molar-refractivity contribution in [2.24, 2.45) is 5.92 Å². The topological polar surface area (TPSA) is 12.0 Å². The molecule has 0 bridgehead atoms. The fourth-order valence-corrected chi connectivity index (χ4v) is 4.07. The van der Waals surface area contributed by atoms with Crippen molar-refractivity contribution in [3.05, 3.63) is 67.7 Å². The van der Waals surface area contributed by atoms with E-state index in [1.807, 2.05) is 0 Å². The highest BCUT2D eigenvalue weighted by Gasteiger charge is 2.44. The molecule has 3 rings (SSSR count). The molecule has 1 saturated carbocycles. The van der Waals surface area contributed by atoms with Gasteiger partial charge in [-0.05, 0) is 77.2 Å². The van der Waals surface area contributed by atoms with Crippen LogP contribution in [0.15, 0.2) is 53.0 Å². The molecule has 1 N–H and O–H groups in total. The minimum atomic E-state index is 0.435. The Balaban J connectivity index is 1.84. The maximum Gasteiger partial charge on any atom is 0.0363 e. The van der Waals surface area contributed by atoms with E-state index in [-0.39, 0.29) is 0 Å². The zero-order chi connectivity index (χ0) is 14.1. The van der Waals surface area contributed by atoms with Crippen LogP contribution < -0.4 is 5.32 Å². The molecule has 0 radical (unpaired) electrons. The van der Waals surface area contributed by atoms with Gasteiger partial charge in [-0.25, -0.2) is 0 Å². The summed E-state index contributed by atoms with van der Waals surface area (Å²) in [7, 11) is 2.07. The molecule has 20 heavy (non-hydrogen) atoms. The van der Waals surface area contributed by atoms with Crippen molar-refractivity contribution in [1.29, 1.82) is 0 Å². The van der Waals surface area contributed by atoms with Crippen molar-refractivity contribution in [3.8, 4) is 0 Å². The lowest BCUT2D eigenvalue weighted by Gasteiger charge is -2.19. The van der Waals surface area contributed by atoms with Crippen LogP contribution in [0.1, 0.15) is 29.5 Å². The van der Waals surface area contributed by atoms with Crippen molar-refractivity contribution in [2.45, 2.75) is 18.4 Å². The Morgan fingerprint density at radius 3 is 2.65 bits per heavy atom. The number of nitrogens with one attached hydrogen (secondary N) is 1. The lowest BCUT2D eigenvalue weighted by atomic mass is 9.99. The van der Waals surface area contributed by atoms with Gasteiger partial charge in [-0.15, -0.1) is 0 Å². The van der Waals surface area contributed by atoms with Crippen LogP contribution in [0.5, 0.6) is 0 Å². The molecule has 104 valence electrons. The second-order valence-corrected chi connectivity index (χ2v) is 7.43. The normalized spacial score (nSPS) is 22.6. The molecule has 2 aromatic carbocycles. The van der Waals surface area contributed by atoms with Crippen LogP contribution in [0.3, 0.4) is 0 Å². The van der Waals surface area contributed by atoms with Gasteiger partial charge in [-0.2, -0.15) is 0 Å². The van der Waals surface area contributed by atoms with Gasteiger partial charge in [0.05, 0.1) is 0 Å². The van der Waals surface area contributed by atoms with E-state index in [0.29, 0.717) is 17.9 Å². The lowest BCUT2D eigenvalue weighted by Crippen LogP contribution is -2.20. The van der Waals surface area contributed by atoms with E-state index < -0.39 is 0 Å². The van der Waals surface area contributed by atoms with Crippen LogP contribution in [0.25, 0.3) is 0 Å². The lowest BCUT2D eigenvalue weighted by molar-refractivity contribution is 0.515. The average molecular weight is 442 g/mol. The second-order valence-electron chi connectivity index (χ2n) is 5.35. The quantitative estimate of drug-likeness (QED) is 0.649. The molecule has 0 heterocycles. The number of hydrogen-bond donors (Lipinski definition) is 1. The highest BCUT2D eigenvalue weighted by molar-refractivity contribution is 14.1. The van der Waals surface area contributed by atoms with E-state index >= 15 is 0 Å². The molecule has 3 unspecified atom stereocenters. The molecule has 2 aromatic rings. The average Bonchev–Trinajstić information content (AvgIpc) is 3.25. The first kappa shape index (κ1) is 14.5. The van der Waals surface area contributed by atoms with E-state index in [4.69, 9.17) is 0 Å². The zero-order valence-electron chi connectivity index (χ0n) is 11.3. The van der Waals surface area contributed by atoms with Gasteiger partial charge in [0.25, 0.3) is 0 Å². The third kappa shape index (κ3) is 2.95. The minimum Gasteiger partial charge on any atom is -0.313 e. The van der Waals surface area contributed by atoms with Crippen LogP contribution in [-0.4, -0.2) is 7.05 Å². The van der Waals surface area contributed by atoms with Crippen LogP contribution in [0.4, 0.5) is 0 Å². The molecule has 1 aliphatic carbocycles. The van der Waals surface area contributed by atoms with E-state index in [2.05, 4.69) is 99.4 Å². The van der Waals surface area contributed by atoms with Crippen LogP contribution in [0, 0.1) is 9.49 Å². The summed E-state index contributed by atoms with van der Waals surface area (Å²) in [5.41, 5.74) is 2.88. The maximum absolute atomic E-state index is 3.59. The first-order valence-electron chi connectivity index (χ1n) is 6.88. The molecule has 1 aliphatic rings. The van der Waals surface area contributed by atoms with Gasteiger partial charge in [0.2, 0.25) is 0 Å². The van der Waals surface area contributed by atoms with Gasteiger partial charge in [0.1, 0.15) is 0 Å². The molecule has 0 saturated heterocycles. The van der Waals surface area contributed by atoms with Crippen LogP contribution in [0.2, 0.25) is 0 Å². The molecule has 0 aromatic heterocycles. The van der Waals surface area contributed by atoms with Gasteiger partial charge in [-0.3, -0.25) is 0 Å². The third-order valence-electron chi connectivity index (χ3n) is 4.10. The molecule has 3 atom stereocenters. The zero-order valence-corrected chi connectivity index (χ0v) is 15.1. The fourth-order valence-electron chi connectivity index (χ4n) is 3.02. The Bertz CT molecular complexity index is 599. The number of halogens is 2. The van der Waals surface area contributed by atoms with Crippen molar-refractivity contribution >= 4 is 38.5 Å². The Hall–Kier alpha value is -0.390. The van der Waals surface area contributed by atoms with Gasteiger partial charge >= 0.3 is 0 Å². The Kier molecular flexibility index (Phi) is 4.48. The summed E-state index contributed by atoms with van der Waals surface area (Å²) in [4.78, 5) is 0. The van der Waals surface area contributed by atoms with Gasteiger partial charge in [0, 0.05) is 14.1 Å². The third-order valence-corrected chi connectivity index (χ3v) is 5.58. The molecule has 0 amide bonds. The number of benzene rings is 2. The van der Waals surface area contributed by atoms with Crippen molar-refractivity contribution < 1.29 is 0 Å². The molecular formula is C17H17BrIN. The van der Waals surface area contributed by atoms with E-state index in [1.165, 1.54) is 21.1 Å². The smallest absolute Gasteiger partial charge is 0.0363 e. The maximum atomic E-state index is 3.59. The van der Waals surface area contributed by atoms with Gasteiger partial charge in [0.15, 0.2) is 0 Å². The van der Waals surface area contributed by atoms with Crippen LogP contribution in [-0.2, 0) is 0 Å². The predicted molar refractivity (Wildman–Crippen MR) is 95.9 cm³/mol. The first-order chi connectivity index (χ1) is 9.70. The standard InChI is InChI=1S/C17H17BrIN/c1-20-17(15-9-12(18)7-8-16(15)19)14-10-13(14)11-5-3-2-4-6-11/h2-9,13-14,17,20H,10H2,1H3. The summed E-state index contributed by atoms with van der Waals surface area (Å²) in [6, 6.07) is 17.9. The Labute approximate surface area is 142 Å². The second kappa shape index (κ2) is 6.16. The SMILES string of the molecule is CNC(c1cc(Br)ccc1I)C1CC1c1ccccc1. The summed E-state index contributed by atoms with van der Waals surface area (Å²) in [5.74, 6) is 1.40. The van der Waals surface area contributed by atoms with Crippen molar-refractivity contribution in [2.75, 3.05) is 7.05 Å². The molecule has 0 spiro atoms. The van der Waals surface area contributed by atoms with E-state index in [9.17, 15) is 0 Å². The molecule has 0 aliphatic heterocycles. The summed E-state index contributed by atoms with van der Waals surface area (Å²) in [5, 5.41) is 3.52. The molecule has 1 fully saturated rings.